The van der Waals surface area contributed by atoms with Crippen molar-refractivity contribution in [3.63, 3.8) is 0 Å². The Kier molecular flexibility index (Phi) is 3.37. The van der Waals surface area contributed by atoms with Crippen molar-refractivity contribution in [1.29, 1.82) is 0 Å². The van der Waals surface area contributed by atoms with Crippen molar-refractivity contribution in [2.45, 2.75) is 25.9 Å². The van der Waals surface area contributed by atoms with Crippen molar-refractivity contribution < 1.29 is 4.79 Å². The van der Waals surface area contributed by atoms with Gasteiger partial charge in [-0.3, -0.25) is 0 Å². The Bertz CT molecular complexity index is 607. The lowest BCUT2D eigenvalue weighted by Gasteiger charge is -2.17. The fourth-order valence-corrected chi connectivity index (χ4v) is 2.35. The zero-order chi connectivity index (χ0) is 13.9. The SMILES string of the molecule is CN(Cc1nnc2n1CCC2)C(=O)Nc1ccccc1. The van der Waals surface area contributed by atoms with E-state index in [1.165, 1.54) is 0 Å². The standard InChI is InChI=1S/C14H17N5O/c1-18(14(20)15-11-6-3-2-4-7-11)10-13-17-16-12-8-5-9-19(12)13/h2-4,6-7H,5,8-10H2,1H3,(H,15,20). The third kappa shape index (κ3) is 2.49. The van der Waals surface area contributed by atoms with Crippen molar-refractivity contribution in [2.24, 2.45) is 0 Å². The van der Waals surface area contributed by atoms with E-state index in [2.05, 4.69) is 20.1 Å². The maximum absolute atomic E-state index is 12.1. The summed E-state index contributed by atoms with van der Waals surface area (Å²) in [5.74, 6) is 1.88. The average Bonchev–Trinajstić information content (AvgIpc) is 3.05. The van der Waals surface area contributed by atoms with Gasteiger partial charge in [0.05, 0.1) is 6.54 Å². The average molecular weight is 271 g/mol. The van der Waals surface area contributed by atoms with Crippen LogP contribution in [0.15, 0.2) is 30.3 Å². The van der Waals surface area contributed by atoms with Gasteiger partial charge in [0.25, 0.3) is 0 Å². The van der Waals surface area contributed by atoms with Gasteiger partial charge in [-0.25, -0.2) is 4.79 Å². The number of nitrogens with one attached hydrogen (secondary N) is 1. The van der Waals surface area contributed by atoms with Crippen LogP contribution < -0.4 is 5.32 Å². The molecule has 0 bridgehead atoms. The first kappa shape index (κ1) is 12.7. The predicted octanol–water partition coefficient (Wildman–Crippen LogP) is 1.89. The van der Waals surface area contributed by atoms with Gasteiger partial charge >= 0.3 is 6.03 Å². The van der Waals surface area contributed by atoms with Gasteiger partial charge in [-0.05, 0) is 18.6 Å². The summed E-state index contributed by atoms with van der Waals surface area (Å²) in [5, 5.41) is 11.2. The highest BCUT2D eigenvalue weighted by Gasteiger charge is 2.19. The lowest BCUT2D eigenvalue weighted by Crippen LogP contribution is -2.31. The van der Waals surface area contributed by atoms with Crippen LogP contribution in [0.4, 0.5) is 10.5 Å². The number of para-hydroxylation sites is 1. The van der Waals surface area contributed by atoms with Gasteiger partial charge in [0.1, 0.15) is 5.82 Å². The zero-order valence-electron chi connectivity index (χ0n) is 11.4. The molecular weight excluding hydrogens is 254 g/mol. The minimum Gasteiger partial charge on any atom is -0.320 e. The molecule has 0 saturated heterocycles. The minimum absolute atomic E-state index is 0.147. The predicted molar refractivity (Wildman–Crippen MR) is 75.3 cm³/mol. The smallest absolute Gasteiger partial charge is 0.320 e. The van der Waals surface area contributed by atoms with Gasteiger partial charge in [0.15, 0.2) is 5.82 Å². The van der Waals surface area contributed by atoms with E-state index in [1.807, 2.05) is 30.3 Å². The van der Waals surface area contributed by atoms with Crippen LogP contribution in [0, 0.1) is 0 Å². The van der Waals surface area contributed by atoms with E-state index in [1.54, 1.807) is 11.9 Å². The number of carbonyl (C=O) groups excluding carboxylic acids is 1. The molecule has 104 valence electrons. The van der Waals surface area contributed by atoms with E-state index in [0.717, 1.165) is 36.7 Å². The monoisotopic (exact) mass is 271 g/mol. The van der Waals surface area contributed by atoms with Crippen LogP contribution in [0.25, 0.3) is 0 Å². The van der Waals surface area contributed by atoms with Crippen LogP contribution >= 0.6 is 0 Å². The largest absolute Gasteiger partial charge is 0.321 e. The first-order valence-corrected chi connectivity index (χ1v) is 6.72. The molecule has 0 aliphatic carbocycles. The summed E-state index contributed by atoms with van der Waals surface area (Å²) in [6.07, 6.45) is 2.09. The second-order valence-electron chi connectivity index (χ2n) is 4.94. The fourth-order valence-electron chi connectivity index (χ4n) is 2.35. The van der Waals surface area contributed by atoms with Gasteiger partial charge in [-0.15, -0.1) is 10.2 Å². The molecule has 2 amide bonds. The number of hydrogen-bond donors (Lipinski definition) is 1. The highest BCUT2D eigenvalue weighted by atomic mass is 16.2. The van der Waals surface area contributed by atoms with Crippen LogP contribution in [-0.4, -0.2) is 32.7 Å². The number of rotatable bonds is 3. The normalized spacial score (nSPS) is 13.1. The summed E-state index contributed by atoms with van der Waals surface area (Å²) < 4.78 is 2.10. The molecule has 2 aromatic rings. The number of amides is 2. The van der Waals surface area contributed by atoms with E-state index >= 15 is 0 Å². The van der Waals surface area contributed by atoms with Crippen LogP contribution in [0.2, 0.25) is 0 Å². The number of benzene rings is 1. The van der Waals surface area contributed by atoms with Crippen LogP contribution in [0.1, 0.15) is 18.1 Å². The molecule has 6 heteroatoms. The van der Waals surface area contributed by atoms with Crippen molar-refractivity contribution in [1.82, 2.24) is 19.7 Å². The molecule has 20 heavy (non-hydrogen) atoms. The second kappa shape index (κ2) is 5.32. The van der Waals surface area contributed by atoms with Gasteiger partial charge in [0.2, 0.25) is 0 Å². The number of anilines is 1. The first-order valence-electron chi connectivity index (χ1n) is 6.72. The van der Waals surface area contributed by atoms with Gasteiger partial charge in [-0.1, -0.05) is 18.2 Å². The van der Waals surface area contributed by atoms with Gasteiger partial charge < -0.3 is 14.8 Å². The van der Waals surface area contributed by atoms with E-state index < -0.39 is 0 Å². The summed E-state index contributed by atoms with van der Waals surface area (Å²) in [7, 11) is 1.76. The molecule has 3 rings (SSSR count). The third-order valence-corrected chi connectivity index (χ3v) is 3.44. The van der Waals surface area contributed by atoms with E-state index in [-0.39, 0.29) is 6.03 Å². The summed E-state index contributed by atoms with van der Waals surface area (Å²) in [4.78, 5) is 13.7. The molecule has 1 aliphatic heterocycles. The number of fused-ring (bicyclic) bond motifs is 1. The Morgan fingerprint density at radius 2 is 2.15 bits per heavy atom. The molecule has 6 nitrogen and oxygen atoms in total. The molecule has 2 heterocycles. The Morgan fingerprint density at radius 3 is 2.95 bits per heavy atom. The van der Waals surface area contributed by atoms with E-state index in [4.69, 9.17) is 0 Å². The highest BCUT2D eigenvalue weighted by molar-refractivity contribution is 5.88. The van der Waals surface area contributed by atoms with Crippen LogP contribution in [0.5, 0.6) is 0 Å². The molecule has 0 atom stereocenters. The molecule has 0 spiro atoms. The van der Waals surface area contributed by atoms with E-state index in [0.29, 0.717) is 6.54 Å². The number of aryl methyl sites for hydroxylation is 1. The number of aromatic nitrogens is 3. The fraction of sp³-hybridized carbons (Fsp3) is 0.357. The maximum atomic E-state index is 12.1. The molecule has 0 radical (unpaired) electrons. The number of nitrogens with zero attached hydrogens (tertiary/aromatic N) is 4. The number of hydrogen-bond acceptors (Lipinski definition) is 3. The summed E-state index contributed by atoms with van der Waals surface area (Å²) in [5.41, 5.74) is 0.788. The lowest BCUT2D eigenvalue weighted by atomic mass is 10.3. The molecule has 0 saturated carbocycles. The van der Waals surface area contributed by atoms with Gasteiger partial charge in [0, 0.05) is 25.7 Å². The zero-order valence-corrected chi connectivity index (χ0v) is 11.4. The summed E-state index contributed by atoms with van der Waals surface area (Å²) >= 11 is 0. The van der Waals surface area contributed by atoms with Crippen LogP contribution in [-0.2, 0) is 19.5 Å². The Morgan fingerprint density at radius 1 is 1.35 bits per heavy atom. The molecule has 1 aromatic heterocycles. The first-order chi connectivity index (χ1) is 9.74. The molecule has 0 unspecified atom stereocenters. The number of urea groups is 1. The molecular formula is C14H17N5O. The van der Waals surface area contributed by atoms with Crippen molar-refractivity contribution in [3.8, 4) is 0 Å². The van der Waals surface area contributed by atoms with Crippen molar-refractivity contribution in [3.05, 3.63) is 42.0 Å². The second-order valence-corrected chi connectivity index (χ2v) is 4.94. The van der Waals surface area contributed by atoms with Crippen molar-refractivity contribution in [2.75, 3.05) is 12.4 Å². The summed E-state index contributed by atoms with van der Waals surface area (Å²) in [6, 6.07) is 9.27. The highest BCUT2D eigenvalue weighted by Crippen LogP contribution is 2.15. The Hall–Kier alpha value is -2.37. The molecule has 1 aromatic carbocycles. The maximum Gasteiger partial charge on any atom is 0.321 e. The van der Waals surface area contributed by atoms with Crippen LogP contribution in [0.3, 0.4) is 0 Å². The molecule has 1 N–H and O–H groups in total. The third-order valence-electron chi connectivity index (χ3n) is 3.44. The molecule has 0 fully saturated rings. The Balaban J connectivity index is 1.64. The summed E-state index contributed by atoms with van der Waals surface area (Å²) in [6.45, 7) is 1.41. The van der Waals surface area contributed by atoms with E-state index in [9.17, 15) is 4.79 Å². The number of carbonyl (C=O) groups is 1. The minimum atomic E-state index is -0.147. The Labute approximate surface area is 117 Å². The quantitative estimate of drug-likeness (QED) is 0.927. The van der Waals surface area contributed by atoms with Gasteiger partial charge in [-0.2, -0.15) is 0 Å². The lowest BCUT2D eigenvalue weighted by molar-refractivity contribution is 0.219. The van der Waals surface area contributed by atoms with Crippen molar-refractivity contribution >= 4 is 11.7 Å². The molecule has 1 aliphatic rings. The topological polar surface area (TPSA) is 63.1 Å².